The van der Waals surface area contributed by atoms with Gasteiger partial charge in [0, 0.05) is 25.4 Å². The molecule has 1 fully saturated rings. The van der Waals surface area contributed by atoms with E-state index in [1.807, 2.05) is 42.2 Å². The monoisotopic (exact) mass is 352 g/mol. The highest BCUT2D eigenvalue weighted by molar-refractivity contribution is 6.00. The lowest BCUT2D eigenvalue weighted by Crippen LogP contribution is -2.41. The van der Waals surface area contributed by atoms with E-state index < -0.39 is 0 Å². The number of benzene rings is 2. The molecule has 3 rings (SSSR count). The van der Waals surface area contributed by atoms with Crippen molar-refractivity contribution < 1.29 is 9.53 Å². The number of aryl methyl sites for hydroxylation is 1. The van der Waals surface area contributed by atoms with E-state index in [0.29, 0.717) is 0 Å². The molecule has 138 valence electrons. The zero-order chi connectivity index (χ0) is 18.5. The second-order valence-corrected chi connectivity index (χ2v) is 6.86. The number of rotatable bonds is 5. The number of ether oxygens (including phenoxy) is 1. The summed E-state index contributed by atoms with van der Waals surface area (Å²) in [7, 11) is 0. The van der Waals surface area contributed by atoms with Crippen LogP contribution in [0.2, 0.25) is 0 Å². The van der Waals surface area contributed by atoms with Crippen LogP contribution in [0.15, 0.2) is 42.5 Å². The van der Waals surface area contributed by atoms with Gasteiger partial charge >= 0.3 is 0 Å². The van der Waals surface area contributed by atoms with Crippen LogP contribution in [0.4, 0.5) is 11.4 Å². The van der Waals surface area contributed by atoms with Gasteiger partial charge in [-0.25, -0.2) is 0 Å². The summed E-state index contributed by atoms with van der Waals surface area (Å²) in [6.45, 7) is 8.46. The third-order valence-electron chi connectivity index (χ3n) is 5.16. The molecular weight excluding hydrogens is 324 g/mol. The first kappa shape index (κ1) is 18.5. The Hall–Kier alpha value is -2.33. The molecule has 2 aromatic rings. The lowest BCUT2D eigenvalue weighted by atomic mass is 10.0. The number of hydrogen-bond donors (Lipinski definition) is 1. The SMILES string of the molecule is CCOC1CCN(C(=O)c2ccccc2Nc2cccc(C)c2C)CC1. The number of nitrogens with one attached hydrogen (secondary N) is 1. The summed E-state index contributed by atoms with van der Waals surface area (Å²) in [5.74, 6) is 0.0911. The summed E-state index contributed by atoms with van der Waals surface area (Å²) in [4.78, 5) is 15.0. The van der Waals surface area contributed by atoms with Crippen LogP contribution in [-0.4, -0.2) is 36.6 Å². The standard InChI is InChI=1S/C22H28N2O2/c1-4-26-18-12-14-24(15-13-18)22(25)19-9-5-6-10-21(19)23-20-11-7-8-16(2)17(20)3/h5-11,18,23H,4,12-15H2,1-3H3. The third kappa shape index (κ3) is 4.07. The van der Waals surface area contributed by atoms with Gasteiger partial charge in [0.1, 0.15) is 0 Å². The maximum Gasteiger partial charge on any atom is 0.255 e. The van der Waals surface area contributed by atoms with Gasteiger partial charge in [-0.1, -0.05) is 24.3 Å². The predicted molar refractivity (Wildman–Crippen MR) is 106 cm³/mol. The Labute approximate surface area is 156 Å². The summed E-state index contributed by atoms with van der Waals surface area (Å²) >= 11 is 0. The summed E-state index contributed by atoms with van der Waals surface area (Å²) in [5, 5.41) is 3.46. The molecule has 0 unspecified atom stereocenters. The van der Waals surface area contributed by atoms with Crippen molar-refractivity contribution in [3.8, 4) is 0 Å². The minimum absolute atomic E-state index is 0.0911. The fourth-order valence-electron chi connectivity index (χ4n) is 3.44. The molecule has 1 amide bonds. The van der Waals surface area contributed by atoms with Gasteiger partial charge in [0.15, 0.2) is 0 Å². The lowest BCUT2D eigenvalue weighted by Gasteiger charge is -2.32. The van der Waals surface area contributed by atoms with Crippen LogP contribution in [0.5, 0.6) is 0 Å². The molecule has 0 atom stereocenters. The molecular formula is C22H28N2O2. The van der Waals surface area contributed by atoms with Crippen LogP contribution in [0.1, 0.15) is 41.3 Å². The second-order valence-electron chi connectivity index (χ2n) is 6.86. The first-order valence-electron chi connectivity index (χ1n) is 9.43. The number of amides is 1. The fourth-order valence-corrected chi connectivity index (χ4v) is 3.44. The Bertz CT molecular complexity index is 764. The molecule has 1 saturated heterocycles. The molecule has 0 aliphatic carbocycles. The lowest BCUT2D eigenvalue weighted by molar-refractivity contribution is 0.0146. The van der Waals surface area contributed by atoms with Crippen molar-refractivity contribution in [2.45, 2.75) is 39.7 Å². The molecule has 4 nitrogen and oxygen atoms in total. The summed E-state index contributed by atoms with van der Waals surface area (Å²) in [6.07, 6.45) is 2.10. The van der Waals surface area contributed by atoms with Gasteiger partial charge in [-0.3, -0.25) is 4.79 Å². The normalized spacial score (nSPS) is 15.1. The highest BCUT2D eigenvalue weighted by atomic mass is 16.5. The summed E-state index contributed by atoms with van der Waals surface area (Å²) in [5.41, 5.74) is 5.06. The molecule has 1 aliphatic heterocycles. The highest BCUT2D eigenvalue weighted by Crippen LogP contribution is 2.27. The van der Waals surface area contributed by atoms with Crippen LogP contribution < -0.4 is 5.32 Å². The topological polar surface area (TPSA) is 41.6 Å². The Morgan fingerprint density at radius 1 is 1.08 bits per heavy atom. The Morgan fingerprint density at radius 2 is 1.77 bits per heavy atom. The van der Waals surface area contributed by atoms with Gasteiger partial charge in [0.25, 0.3) is 5.91 Å². The number of likely N-dealkylation sites (tertiary alicyclic amines) is 1. The third-order valence-corrected chi connectivity index (χ3v) is 5.16. The van der Waals surface area contributed by atoms with Crippen molar-refractivity contribution in [3.05, 3.63) is 59.2 Å². The van der Waals surface area contributed by atoms with Crippen LogP contribution in [-0.2, 0) is 4.74 Å². The van der Waals surface area contributed by atoms with E-state index in [0.717, 1.165) is 49.5 Å². The van der Waals surface area contributed by atoms with Gasteiger partial charge < -0.3 is 15.0 Å². The quantitative estimate of drug-likeness (QED) is 0.849. The molecule has 2 aromatic carbocycles. The zero-order valence-corrected chi connectivity index (χ0v) is 15.9. The van der Waals surface area contributed by atoms with E-state index in [-0.39, 0.29) is 12.0 Å². The molecule has 0 radical (unpaired) electrons. The highest BCUT2D eigenvalue weighted by Gasteiger charge is 2.25. The average molecular weight is 352 g/mol. The first-order chi connectivity index (χ1) is 12.6. The number of anilines is 2. The summed E-state index contributed by atoms with van der Waals surface area (Å²) in [6, 6.07) is 14.0. The molecule has 0 bridgehead atoms. The van der Waals surface area contributed by atoms with Gasteiger partial charge in [-0.05, 0) is 62.9 Å². The van der Waals surface area contributed by atoms with Crippen molar-refractivity contribution in [2.24, 2.45) is 0 Å². The number of para-hydroxylation sites is 1. The number of carbonyl (C=O) groups excluding carboxylic acids is 1. The van der Waals surface area contributed by atoms with Gasteiger partial charge in [0.2, 0.25) is 0 Å². The fraction of sp³-hybridized carbons (Fsp3) is 0.409. The van der Waals surface area contributed by atoms with Gasteiger partial charge in [-0.15, -0.1) is 0 Å². The van der Waals surface area contributed by atoms with E-state index in [4.69, 9.17) is 4.74 Å². The van der Waals surface area contributed by atoms with Crippen LogP contribution in [0.25, 0.3) is 0 Å². The van der Waals surface area contributed by atoms with E-state index in [9.17, 15) is 4.79 Å². The Kier molecular flexibility index (Phi) is 5.94. The van der Waals surface area contributed by atoms with E-state index in [1.54, 1.807) is 0 Å². The molecule has 0 saturated carbocycles. The molecule has 1 aliphatic rings. The van der Waals surface area contributed by atoms with E-state index in [2.05, 4.69) is 31.3 Å². The zero-order valence-electron chi connectivity index (χ0n) is 15.9. The molecule has 1 N–H and O–H groups in total. The van der Waals surface area contributed by atoms with Gasteiger partial charge in [-0.2, -0.15) is 0 Å². The maximum absolute atomic E-state index is 13.1. The van der Waals surface area contributed by atoms with Crippen LogP contribution in [0.3, 0.4) is 0 Å². The van der Waals surface area contributed by atoms with Crippen molar-refractivity contribution in [1.29, 1.82) is 0 Å². The number of nitrogens with zero attached hydrogens (tertiary/aromatic N) is 1. The Balaban J connectivity index is 1.77. The van der Waals surface area contributed by atoms with Gasteiger partial charge in [0.05, 0.1) is 17.4 Å². The molecule has 26 heavy (non-hydrogen) atoms. The smallest absolute Gasteiger partial charge is 0.255 e. The second kappa shape index (κ2) is 8.37. The van der Waals surface area contributed by atoms with Crippen molar-refractivity contribution >= 4 is 17.3 Å². The van der Waals surface area contributed by atoms with Crippen LogP contribution >= 0.6 is 0 Å². The molecule has 0 aromatic heterocycles. The molecule has 4 heteroatoms. The van der Waals surface area contributed by atoms with Crippen LogP contribution in [0, 0.1) is 13.8 Å². The van der Waals surface area contributed by atoms with Crippen molar-refractivity contribution in [3.63, 3.8) is 0 Å². The van der Waals surface area contributed by atoms with Crippen molar-refractivity contribution in [1.82, 2.24) is 4.90 Å². The van der Waals surface area contributed by atoms with Crippen molar-refractivity contribution in [2.75, 3.05) is 25.0 Å². The molecule has 1 heterocycles. The number of hydrogen-bond acceptors (Lipinski definition) is 3. The van der Waals surface area contributed by atoms with E-state index >= 15 is 0 Å². The summed E-state index contributed by atoms with van der Waals surface area (Å²) < 4.78 is 5.69. The first-order valence-corrected chi connectivity index (χ1v) is 9.43. The maximum atomic E-state index is 13.1. The van der Waals surface area contributed by atoms with E-state index in [1.165, 1.54) is 11.1 Å². The molecule has 0 spiro atoms. The average Bonchev–Trinajstić information content (AvgIpc) is 2.66. The number of piperidine rings is 1. The minimum atomic E-state index is 0.0911. The number of carbonyl (C=O) groups is 1. The largest absolute Gasteiger partial charge is 0.378 e. The Morgan fingerprint density at radius 3 is 2.50 bits per heavy atom. The predicted octanol–water partition coefficient (Wildman–Crippen LogP) is 4.69. The minimum Gasteiger partial charge on any atom is -0.378 e.